The summed E-state index contributed by atoms with van der Waals surface area (Å²) in [6, 6.07) is 8.55. The lowest BCUT2D eigenvalue weighted by Crippen LogP contribution is -2.36. The van der Waals surface area contributed by atoms with Crippen molar-refractivity contribution in [2.24, 2.45) is 0 Å². The van der Waals surface area contributed by atoms with E-state index >= 15 is 0 Å². The van der Waals surface area contributed by atoms with E-state index in [1.54, 1.807) is 18.4 Å². The van der Waals surface area contributed by atoms with Gasteiger partial charge in [-0.05, 0) is 23.8 Å². The van der Waals surface area contributed by atoms with Gasteiger partial charge in [-0.15, -0.1) is 0 Å². The van der Waals surface area contributed by atoms with Crippen molar-refractivity contribution in [1.29, 1.82) is 0 Å². The number of hydrogen-bond acceptors (Lipinski definition) is 1. The molecule has 0 amide bonds. The van der Waals surface area contributed by atoms with E-state index in [0.29, 0.717) is 0 Å². The van der Waals surface area contributed by atoms with Gasteiger partial charge in [-0.3, -0.25) is 0 Å². The topological polar surface area (TPSA) is 13.1 Å². The first-order valence-electron chi connectivity index (χ1n) is 5.32. The molecule has 1 nitrogen and oxygen atoms in total. The zero-order chi connectivity index (χ0) is 11.8. The third kappa shape index (κ3) is 2.24. The van der Waals surface area contributed by atoms with Crippen molar-refractivity contribution >= 4 is 13.5 Å². The van der Waals surface area contributed by atoms with Crippen LogP contribution in [0.3, 0.4) is 0 Å². The van der Waals surface area contributed by atoms with Crippen molar-refractivity contribution in [1.82, 2.24) is 0 Å². The van der Waals surface area contributed by atoms with E-state index < -0.39 is 8.07 Å². The molecule has 0 aliphatic carbocycles. The minimum absolute atomic E-state index is 0.210. The van der Waals surface area contributed by atoms with Crippen molar-refractivity contribution in [2.45, 2.75) is 19.6 Å². The van der Waals surface area contributed by atoms with Crippen LogP contribution in [0.2, 0.25) is 19.6 Å². The molecule has 84 valence electrons. The van der Waals surface area contributed by atoms with Crippen molar-refractivity contribution in [3.8, 4) is 11.1 Å². The third-order valence-electron chi connectivity index (χ3n) is 2.52. The van der Waals surface area contributed by atoms with Crippen LogP contribution in [-0.4, -0.2) is 8.07 Å². The Bertz CT molecular complexity index is 479. The van der Waals surface area contributed by atoms with Crippen LogP contribution >= 0.6 is 0 Å². The fraction of sp³-hybridized carbons (Fsp3) is 0.231. The molecule has 0 radical (unpaired) electrons. The van der Waals surface area contributed by atoms with Gasteiger partial charge in [0.05, 0.1) is 11.6 Å². The molecule has 0 aliphatic rings. The molecule has 0 N–H and O–H groups in total. The second kappa shape index (κ2) is 3.90. The van der Waals surface area contributed by atoms with Gasteiger partial charge in [-0.25, -0.2) is 4.39 Å². The molecule has 1 heterocycles. The predicted molar refractivity (Wildman–Crippen MR) is 67.1 cm³/mol. The Labute approximate surface area is 95.9 Å². The highest BCUT2D eigenvalue weighted by Crippen LogP contribution is 2.20. The monoisotopic (exact) mass is 234 g/mol. The number of furan rings is 1. The van der Waals surface area contributed by atoms with Crippen LogP contribution in [0.1, 0.15) is 0 Å². The normalized spacial score (nSPS) is 11.8. The van der Waals surface area contributed by atoms with Gasteiger partial charge in [0, 0.05) is 5.56 Å². The van der Waals surface area contributed by atoms with Crippen molar-refractivity contribution in [3.63, 3.8) is 0 Å². The number of hydrogen-bond donors (Lipinski definition) is 0. The molecule has 0 spiro atoms. The second-order valence-corrected chi connectivity index (χ2v) is 9.95. The zero-order valence-corrected chi connectivity index (χ0v) is 10.8. The van der Waals surface area contributed by atoms with Gasteiger partial charge in [0.1, 0.15) is 13.9 Å². The molecule has 0 bridgehead atoms. The molecule has 0 saturated heterocycles. The Balaban J connectivity index is 2.35. The molecule has 3 heteroatoms. The summed E-state index contributed by atoms with van der Waals surface area (Å²) in [6.07, 6.45) is 1.75. The summed E-state index contributed by atoms with van der Waals surface area (Å²) in [5.74, 6) is -0.210. The fourth-order valence-corrected chi connectivity index (χ4v) is 2.52. The van der Waals surface area contributed by atoms with E-state index in [2.05, 4.69) is 25.7 Å². The fourth-order valence-electron chi connectivity index (χ4n) is 1.52. The molecule has 2 aromatic rings. The maximum absolute atomic E-state index is 12.8. The lowest BCUT2D eigenvalue weighted by molar-refractivity contribution is 0.598. The van der Waals surface area contributed by atoms with E-state index in [0.717, 1.165) is 16.5 Å². The smallest absolute Gasteiger partial charge is 0.123 e. The van der Waals surface area contributed by atoms with Gasteiger partial charge in [0.25, 0.3) is 0 Å². The molecule has 2 rings (SSSR count). The van der Waals surface area contributed by atoms with Gasteiger partial charge in [0.2, 0.25) is 0 Å². The predicted octanol–water partition coefficient (Wildman–Crippen LogP) is 3.63. The molecule has 0 saturated carbocycles. The highest BCUT2D eigenvalue weighted by molar-refractivity contribution is 6.87. The van der Waals surface area contributed by atoms with Gasteiger partial charge in [0.15, 0.2) is 0 Å². The van der Waals surface area contributed by atoms with Crippen molar-refractivity contribution < 1.29 is 8.81 Å². The summed E-state index contributed by atoms with van der Waals surface area (Å²) in [5.41, 5.74) is 2.02. The van der Waals surface area contributed by atoms with E-state index in [1.165, 1.54) is 12.1 Å². The molecule has 0 aliphatic heterocycles. The largest absolute Gasteiger partial charge is 0.474 e. The van der Waals surface area contributed by atoms with Gasteiger partial charge in [-0.2, -0.15) is 0 Å². The zero-order valence-electron chi connectivity index (χ0n) is 9.75. The van der Waals surface area contributed by atoms with Crippen LogP contribution in [-0.2, 0) is 0 Å². The van der Waals surface area contributed by atoms with Crippen LogP contribution < -0.4 is 5.38 Å². The minimum atomic E-state index is -1.40. The summed E-state index contributed by atoms with van der Waals surface area (Å²) >= 11 is 0. The maximum Gasteiger partial charge on any atom is 0.123 e. The SMILES string of the molecule is C[Si](C)(C)c1cc(-c2ccc(F)cc2)co1. The summed E-state index contributed by atoms with van der Waals surface area (Å²) in [4.78, 5) is 0. The average molecular weight is 234 g/mol. The lowest BCUT2D eigenvalue weighted by atomic mass is 10.1. The van der Waals surface area contributed by atoms with Crippen LogP contribution in [0.4, 0.5) is 4.39 Å². The molecular formula is C13H15FOSi. The quantitative estimate of drug-likeness (QED) is 0.723. The highest BCUT2D eigenvalue weighted by atomic mass is 28.3. The van der Waals surface area contributed by atoms with Crippen molar-refractivity contribution in [2.75, 3.05) is 0 Å². The number of benzene rings is 1. The maximum atomic E-state index is 12.8. The first-order chi connectivity index (χ1) is 7.47. The summed E-state index contributed by atoms with van der Waals surface area (Å²) in [6.45, 7) is 6.71. The molecule has 16 heavy (non-hydrogen) atoms. The van der Waals surface area contributed by atoms with E-state index in [-0.39, 0.29) is 5.82 Å². The molecule has 0 unspecified atom stereocenters. The van der Waals surface area contributed by atoms with E-state index in [4.69, 9.17) is 4.42 Å². The third-order valence-corrected chi connectivity index (χ3v) is 4.26. The summed E-state index contributed by atoms with van der Waals surface area (Å²) < 4.78 is 18.4. The van der Waals surface area contributed by atoms with Gasteiger partial charge in [-0.1, -0.05) is 31.8 Å². The minimum Gasteiger partial charge on any atom is -0.474 e. The molecule has 0 atom stereocenters. The van der Waals surface area contributed by atoms with Crippen LogP contribution in [0.5, 0.6) is 0 Å². The lowest BCUT2D eigenvalue weighted by Gasteiger charge is -2.10. The van der Waals surface area contributed by atoms with E-state index in [9.17, 15) is 4.39 Å². The Kier molecular flexibility index (Phi) is 2.72. The first kappa shape index (κ1) is 11.1. The summed E-state index contributed by atoms with van der Waals surface area (Å²) in [7, 11) is -1.40. The second-order valence-electron chi connectivity index (χ2n) is 4.96. The summed E-state index contributed by atoms with van der Waals surface area (Å²) in [5, 5.41) is 1.08. The Morgan fingerprint density at radius 1 is 1.00 bits per heavy atom. The standard InChI is InChI=1S/C13H15FOSi/c1-16(2,3)13-8-11(9-15-13)10-4-6-12(14)7-5-10/h4-9H,1-3H3. The van der Waals surface area contributed by atoms with Crippen LogP contribution in [0, 0.1) is 5.82 Å². The van der Waals surface area contributed by atoms with E-state index in [1.807, 2.05) is 0 Å². The average Bonchev–Trinajstić information content (AvgIpc) is 2.67. The Morgan fingerprint density at radius 3 is 2.12 bits per heavy atom. The van der Waals surface area contributed by atoms with Gasteiger partial charge >= 0.3 is 0 Å². The van der Waals surface area contributed by atoms with Crippen LogP contribution in [0.25, 0.3) is 11.1 Å². The van der Waals surface area contributed by atoms with Crippen molar-refractivity contribution in [3.05, 3.63) is 42.4 Å². The van der Waals surface area contributed by atoms with Crippen LogP contribution in [0.15, 0.2) is 41.0 Å². The number of halogens is 1. The first-order valence-corrected chi connectivity index (χ1v) is 8.82. The Hall–Kier alpha value is -1.35. The molecular weight excluding hydrogens is 219 g/mol. The molecule has 0 fully saturated rings. The highest BCUT2D eigenvalue weighted by Gasteiger charge is 2.21. The molecule has 1 aromatic carbocycles. The Morgan fingerprint density at radius 2 is 1.62 bits per heavy atom. The number of rotatable bonds is 2. The molecule has 1 aromatic heterocycles. The van der Waals surface area contributed by atoms with Gasteiger partial charge < -0.3 is 4.42 Å².